The molecule has 2 heterocycles. The average molecular weight is 434 g/mol. The van der Waals surface area contributed by atoms with Crippen LogP contribution in [-0.4, -0.2) is 38.9 Å². The van der Waals surface area contributed by atoms with Crippen molar-refractivity contribution in [3.8, 4) is 11.5 Å². The number of ketones is 1. The zero-order valence-electron chi connectivity index (χ0n) is 17.0. The van der Waals surface area contributed by atoms with E-state index in [1.807, 2.05) is 0 Å². The summed E-state index contributed by atoms with van der Waals surface area (Å²) in [5, 5.41) is 20.8. The van der Waals surface area contributed by atoms with E-state index in [4.69, 9.17) is 4.74 Å². The highest BCUT2D eigenvalue weighted by Crippen LogP contribution is 2.42. The number of aliphatic hydroxyl groups is 1. The fourth-order valence-electron chi connectivity index (χ4n) is 3.74. The summed E-state index contributed by atoms with van der Waals surface area (Å²) in [5.41, 5.74) is 0.985. The van der Waals surface area contributed by atoms with Gasteiger partial charge in [-0.05, 0) is 53.6 Å². The van der Waals surface area contributed by atoms with Crippen LogP contribution in [0.4, 0.5) is 4.39 Å². The first kappa shape index (κ1) is 21.0. The Morgan fingerprint density at radius 1 is 1.09 bits per heavy atom. The molecule has 1 aromatic heterocycles. The SMILES string of the molecule is COc1ccc(F)cc1/C(O)=C1\C(=O)C(=O)N(Cc2ccncc2)C1c1ccc(O)cc1. The summed E-state index contributed by atoms with van der Waals surface area (Å²) in [6.07, 6.45) is 3.14. The second-order valence-electron chi connectivity index (χ2n) is 7.22. The fourth-order valence-corrected chi connectivity index (χ4v) is 3.74. The number of phenolic OH excluding ortho intramolecular Hbond substituents is 1. The molecule has 2 aromatic carbocycles. The first-order valence-electron chi connectivity index (χ1n) is 9.71. The quantitative estimate of drug-likeness (QED) is 0.362. The smallest absolute Gasteiger partial charge is 0.295 e. The van der Waals surface area contributed by atoms with Crippen molar-refractivity contribution in [2.75, 3.05) is 7.11 Å². The number of phenols is 1. The van der Waals surface area contributed by atoms with E-state index in [1.165, 1.54) is 30.2 Å². The Kier molecular flexibility index (Phi) is 5.59. The first-order valence-corrected chi connectivity index (χ1v) is 9.71. The molecule has 2 N–H and O–H groups in total. The molecule has 32 heavy (non-hydrogen) atoms. The second kappa shape index (κ2) is 8.50. The Balaban J connectivity index is 1.91. The minimum Gasteiger partial charge on any atom is -0.508 e. The zero-order valence-corrected chi connectivity index (χ0v) is 17.0. The van der Waals surface area contributed by atoms with Crippen LogP contribution in [0.15, 0.2) is 72.6 Å². The van der Waals surface area contributed by atoms with Crippen molar-refractivity contribution in [1.29, 1.82) is 0 Å². The van der Waals surface area contributed by atoms with Crippen molar-refractivity contribution in [2.24, 2.45) is 0 Å². The topological polar surface area (TPSA) is 100.0 Å². The van der Waals surface area contributed by atoms with E-state index >= 15 is 0 Å². The van der Waals surface area contributed by atoms with Crippen molar-refractivity contribution in [3.05, 3.63) is 95.1 Å². The maximum atomic E-state index is 13.9. The van der Waals surface area contributed by atoms with Gasteiger partial charge in [0.15, 0.2) is 0 Å². The lowest BCUT2D eigenvalue weighted by Crippen LogP contribution is -2.29. The molecule has 0 bridgehead atoms. The number of carbonyl (C=O) groups excluding carboxylic acids is 2. The molecule has 1 fully saturated rings. The summed E-state index contributed by atoms with van der Waals surface area (Å²) in [6.45, 7) is 0.0791. The van der Waals surface area contributed by atoms with Crippen LogP contribution in [0.2, 0.25) is 0 Å². The Bertz CT molecular complexity index is 1210. The van der Waals surface area contributed by atoms with Gasteiger partial charge in [0.25, 0.3) is 11.7 Å². The van der Waals surface area contributed by atoms with Gasteiger partial charge >= 0.3 is 0 Å². The molecule has 1 aliphatic heterocycles. The van der Waals surface area contributed by atoms with Gasteiger partial charge in [-0.3, -0.25) is 14.6 Å². The molecule has 1 unspecified atom stereocenters. The van der Waals surface area contributed by atoms with Crippen LogP contribution < -0.4 is 4.74 Å². The number of carbonyl (C=O) groups is 2. The van der Waals surface area contributed by atoms with Crippen molar-refractivity contribution in [1.82, 2.24) is 9.88 Å². The van der Waals surface area contributed by atoms with Crippen LogP contribution in [0.25, 0.3) is 5.76 Å². The number of likely N-dealkylation sites (tertiary alicyclic amines) is 1. The van der Waals surface area contributed by atoms with E-state index in [9.17, 15) is 24.2 Å². The average Bonchev–Trinajstić information content (AvgIpc) is 3.04. The van der Waals surface area contributed by atoms with Crippen LogP contribution in [0.5, 0.6) is 11.5 Å². The number of aromatic hydroxyl groups is 1. The van der Waals surface area contributed by atoms with Gasteiger partial charge in [-0.15, -0.1) is 0 Å². The molecule has 1 aliphatic rings. The van der Waals surface area contributed by atoms with Crippen LogP contribution >= 0.6 is 0 Å². The maximum Gasteiger partial charge on any atom is 0.295 e. The predicted octanol–water partition coefficient (Wildman–Crippen LogP) is 3.56. The van der Waals surface area contributed by atoms with Crippen molar-refractivity contribution >= 4 is 17.4 Å². The van der Waals surface area contributed by atoms with E-state index in [2.05, 4.69) is 4.98 Å². The zero-order chi connectivity index (χ0) is 22.8. The highest BCUT2D eigenvalue weighted by Gasteiger charge is 2.46. The molecule has 0 spiro atoms. The number of nitrogens with zero attached hydrogens (tertiary/aromatic N) is 2. The number of benzene rings is 2. The van der Waals surface area contributed by atoms with Gasteiger partial charge in [0.1, 0.15) is 23.1 Å². The lowest BCUT2D eigenvalue weighted by Gasteiger charge is -2.25. The number of hydrogen-bond acceptors (Lipinski definition) is 6. The Hall–Kier alpha value is -4.20. The highest BCUT2D eigenvalue weighted by atomic mass is 19.1. The second-order valence-corrected chi connectivity index (χ2v) is 7.22. The van der Waals surface area contributed by atoms with Gasteiger partial charge < -0.3 is 19.8 Å². The molecule has 1 saturated heterocycles. The molecule has 4 rings (SSSR count). The molecule has 0 radical (unpaired) electrons. The predicted molar refractivity (Wildman–Crippen MR) is 113 cm³/mol. The Morgan fingerprint density at radius 2 is 1.78 bits per heavy atom. The van der Waals surface area contributed by atoms with Crippen molar-refractivity contribution in [2.45, 2.75) is 12.6 Å². The summed E-state index contributed by atoms with van der Waals surface area (Å²) in [5.74, 6) is -2.74. The Labute approximate surface area is 183 Å². The molecule has 3 aromatic rings. The van der Waals surface area contributed by atoms with E-state index in [1.54, 1.807) is 36.7 Å². The molecular formula is C24H19FN2O5. The number of aliphatic hydroxyl groups excluding tert-OH is 1. The van der Waals surface area contributed by atoms with E-state index < -0.39 is 29.3 Å². The van der Waals surface area contributed by atoms with Crippen LogP contribution in [0.1, 0.15) is 22.7 Å². The van der Waals surface area contributed by atoms with Crippen molar-refractivity contribution < 1.29 is 28.9 Å². The third-order valence-corrected chi connectivity index (χ3v) is 5.27. The molecule has 7 nitrogen and oxygen atoms in total. The van der Waals surface area contributed by atoms with Crippen molar-refractivity contribution in [3.63, 3.8) is 0 Å². The largest absolute Gasteiger partial charge is 0.508 e. The third kappa shape index (κ3) is 3.78. The summed E-state index contributed by atoms with van der Waals surface area (Å²) in [4.78, 5) is 31.3. The summed E-state index contributed by atoms with van der Waals surface area (Å²) in [6, 6.07) is 11.9. The fraction of sp³-hybridized carbons (Fsp3) is 0.125. The first-order chi connectivity index (χ1) is 15.4. The van der Waals surface area contributed by atoms with E-state index in [0.29, 0.717) is 5.56 Å². The number of ether oxygens (including phenoxy) is 1. The van der Waals surface area contributed by atoms with Gasteiger partial charge in [0.05, 0.1) is 24.3 Å². The molecule has 8 heteroatoms. The third-order valence-electron chi connectivity index (χ3n) is 5.27. The lowest BCUT2D eigenvalue weighted by molar-refractivity contribution is -0.140. The van der Waals surface area contributed by atoms with Gasteiger partial charge in [-0.1, -0.05) is 12.1 Å². The molecule has 1 atom stereocenters. The number of halogens is 1. The minimum absolute atomic E-state index is 0.00614. The maximum absolute atomic E-state index is 13.9. The number of amides is 1. The van der Waals surface area contributed by atoms with Gasteiger partial charge in [-0.25, -0.2) is 4.39 Å². The highest BCUT2D eigenvalue weighted by molar-refractivity contribution is 6.46. The molecule has 1 amide bonds. The van der Waals surface area contributed by atoms with Crippen LogP contribution in [-0.2, 0) is 16.1 Å². The number of methoxy groups -OCH3 is 1. The lowest BCUT2D eigenvalue weighted by atomic mass is 9.94. The minimum atomic E-state index is -0.961. The van der Waals surface area contributed by atoms with E-state index in [-0.39, 0.29) is 29.2 Å². The Morgan fingerprint density at radius 3 is 2.44 bits per heavy atom. The van der Waals surface area contributed by atoms with E-state index in [0.717, 1.165) is 17.7 Å². The standard InChI is InChI=1S/C24H19FN2O5/c1-32-19-7-4-16(25)12-18(19)22(29)20-21(15-2-5-17(28)6-3-15)27(24(31)23(20)30)13-14-8-10-26-11-9-14/h2-12,21,28-29H,13H2,1H3/b22-20+. The summed E-state index contributed by atoms with van der Waals surface area (Å²) < 4.78 is 19.2. The molecular weight excluding hydrogens is 415 g/mol. The monoisotopic (exact) mass is 434 g/mol. The van der Waals surface area contributed by atoms with Gasteiger partial charge in [0, 0.05) is 18.9 Å². The number of hydrogen-bond donors (Lipinski definition) is 2. The number of aromatic nitrogens is 1. The molecule has 0 aliphatic carbocycles. The normalized spacial score (nSPS) is 17.6. The van der Waals surface area contributed by atoms with Gasteiger partial charge in [-0.2, -0.15) is 0 Å². The van der Waals surface area contributed by atoms with Crippen LogP contribution in [0.3, 0.4) is 0 Å². The summed E-state index contributed by atoms with van der Waals surface area (Å²) in [7, 11) is 1.35. The van der Waals surface area contributed by atoms with Gasteiger partial charge in [0.2, 0.25) is 0 Å². The molecule has 0 saturated carbocycles. The molecule has 162 valence electrons. The number of Topliss-reactive ketones (excluding diaryl/α,β-unsaturated/α-hetero) is 1. The number of pyridine rings is 1. The van der Waals surface area contributed by atoms with Crippen LogP contribution in [0, 0.1) is 5.82 Å². The summed E-state index contributed by atoms with van der Waals surface area (Å²) >= 11 is 0. The number of rotatable bonds is 5.